The lowest BCUT2D eigenvalue weighted by Crippen LogP contribution is -2.01. The Kier molecular flexibility index (Phi) is 5.92. The van der Waals surface area contributed by atoms with Crippen LogP contribution in [-0.4, -0.2) is 24.2 Å². The number of hydrogen-bond donors (Lipinski definition) is 1. The summed E-state index contributed by atoms with van der Waals surface area (Å²) in [5.74, 6) is 1.44. The number of nitrogens with one attached hydrogen (secondary N) is 1. The third kappa shape index (κ3) is 4.24. The number of ether oxygens (including phenoxy) is 3. The van der Waals surface area contributed by atoms with E-state index in [4.69, 9.17) is 14.2 Å². The summed E-state index contributed by atoms with van der Waals surface area (Å²) >= 11 is 0. The normalized spacial score (nSPS) is 10.7. The summed E-state index contributed by atoms with van der Waals surface area (Å²) in [6, 6.07) is 12.2. The van der Waals surface area contributed by atoms with Gasteiger partial charge >= 0.3 is 0 Å². The van der Waals surface area contributed by atoms with Gasteiger partial charge in [0.25, 0.3) is 0 Å². The van der Waals surface area contributed by atoms with E-state index in [1.165, 1.54) is 16.7 Å². The highest BCUT2D eigenvalue weighted by molar-refractivity contribution is 5.42. The molecule has 2 aromatic carbocycles. The first-order valence-electron chi connectivity index (χ1n) is 8.54. The molecular formula is C21H24N2O3. The van der Waals surface area contributed by atoms with Crippen molar-refractivity contribution >= 4 is 0 Å². The van der Waals surface area contributed by atoms with Gasteiger partial charge in [0.2, 0.25) is 0 Å². The Balaban J connectivity index is 1.63. The molecule has 3 rings (SSSR count). The fraction of sp³-hybridized carbons (Fsp3) is 0.286. The topological polar surface area (TPSA) is 56.4 Å². The smallest absolute Gasteiger partial charge is 0.161 e. The summed E-state index contributed by atoms with van der Waals surface area (Å²) in [5.41, 5.74) is 5.89. The van der Waals surface area contributed by atoms with Crippen molar-refractivity contribution in [3.63, 3.8) is 0 Å². The zero-order valence-electron chi connectivity index (χ0n) is 15.4. The molecule has 0 spiro atoms. The SMILES string of the molecule is COc1ccc(COCc2cccc(Cc3cnc[nH]3)c2C)cc1OC. The van der Waals surface area contributed by atoms with Crippen LogP contribution in [-0.2, 0) is 24.4 Å². The van der Waals surface area contributed by atoms with Gasteiger partial charge in [0.05, 0.1) is 33.8 Å². The Bertz CT molecular complexity index is 844. The molecule has 0 bridgehead atoms. The molecule has 1 aromatic heterocycles. The van der Waals surface area contributed by atoms with Crippen LogP contribution in [0.5, 0.6) is 11.5 Å². The largest absolute Gasteiger partial charge is 0.493 e. The Morgan fingerprint density at radius 2 is 1.77 bits per heavy atom. The highest BCUT2D eigenvalue weighted by Gasteiger charge is 2.08. The standard InChI is InChI=1S/C21H24N2O3/c1-15-17(10-19-11-22-14-23-19)5-4-6-18(15)13-26-12-16-7-8-20(24-2)21(9-16)25-3/h4-9,11,14H,10,12-13H2,1-3H3,(H,22,23). The van der Waals surface area contributed by atoms with Gasteiger partial charge in [0, 0.05) is 18.3 Å². The number of aromatic nitrogens is 2. The van der Waals surface area contributed by atoms with Gasteiger partial charge in [-0.05, 0) is 41.3 Å². The summed E-state index contributed by atoms with van der Waals surface area (Å²) < 4.78 is 16.5. The van der Waals surface area contributed by atoms with Gasteiger partial charge in [-0.2, -0.15) is 0 Å². The Hall–Kier alpha value is -2.79. The lowest BCUT2D eigenvalue weighted by molar-refractivity contribution is 0.106. The van der Waals surface area contributed by atoms with Crippen molar-refractivity contribution in [1.82, 2.24) is 9.97 Å². The molecule has 0 saturated carbocycles. The van der Waals surface area contributed by atoms with Gasteiger partial charge in [-0.3, -0.25) is 0 Å². The van der Waals surface area contributed by atoms with Crippen molar-refractivity contribution in [3.05, 3.63) is 76.9 Å². The van der Waals surface area contributed by atoms with E-state index >= 15 is 0 Å². The van der Waals surface area contributed by atoms with E-state index in [1.807, 2.05) is 24.4 Å². The van der Waals surface area contributed by atoms with Crippen LogP contribution in [0.4, 0.5) is 0 Å². The minimum atomic E-state index is 0.518. The maximum absolute atomic E-state index is 5.93. The molecule has 26 heavy (non-hydrogen) atoms. The average molecular weight is 352 g/mol. The number of H-pyrrole nitrogens is 1. The summed E-state index contributed by atoms with van der Waals surface area (Å²) in [6.07, 6.45) is 4.41. The Labute approximate surface area is 154 Å². The molecule has 0 saturated heterocycles. The number of hydrogen-bond acceptors (Lipinski definition) is 4. The molecule has 0 amide bonds. The quantitative estimate of drug-likeness (QED) is 0.665. The van der Waals surface area contributed by atoms with Crippen LogP contribution in [0.25, 0.3) is 0 Å². The van der Waals surface area contributed by atoms with Crippen molar-refractivity contribution in [1.29, 1.82) is 0 Å². The number of nitrogens with zero attached hydrogens (tertiary/aromatic N) is 1. The molecule has 5 nitrogen and oxygen atoms in total. The summed E-state index contributed by atoms with van der Waals surface area (Å²) in [4.78, 5) is 7.23. The number of rotatable bonds is 8. The minimum absolute atomic E-state index is 0.518. The predicted octanol–water partition coefficient (Wildman–Crippen LogP) is 4.04. The maximum atomic E-state index is 5.93. The van der Waals surface area contributed by atoms with Crippen molar-refractivity contribution in [2.75, 3.05) is 14.2 Å². The first kappa shape index (κ1) is 18.0. The third-order valence-corrected chi connectivity index (χ3v) is 4.47. The first-order valence-corrected chi connectivity index (χ1v) is 8.54. The fourth-order valence-electron chi connectivity index (χ4n) is 2.92. The van der Waals surface area contributed by atoms with Crippen molar-refractivity contribution in [2.45, 2.75) is 26.6 Å². The van der Waals surface area contributed by atoms with Crippen LogP contribution < -0.4 is 9.47 Å². The zero-order chi connectivity index (χ0) is 18.4. The molecule has 1 heterocycles. The minimum Gasteiger partial charge on any atom is -0.493 e. The molecular weight excluding hydrogens is 328 g/mol. The van der Waals surface area contributed by atoms with Crippen molar-refractivity contribution in [3.8, 4) is 11.5 Å². The lowest BCUT2D eigenvalue weighted by Gasteiger charge is -2.13. The Morgan fingerprint density at radius 3 is 2.50 bits per heavy atom. The molecule has 0 aliphatic carbocycles. The van der Waals surface area contributed by atoms with Gasteiger partial charge in [0.15, 0.2) is 11.5 Å². The van der Waals surface area contributed by atoms with E-state index in [2.05, 4.69) is 35.1 Å². The molecule has 0 aliphatic rings. The van der Waals surface area contributed by atoms with E-state index in [-0.39, 0.29) is 0 Å². The monoisotopic (exact) mass is 352 g/mol. The van der Waals surface area contributed by atoms with Crippen LogP contribution in [0, 0.1) is 6.92 Å². The molecule has 0 atom stereocenters. The van der Waals surface area contributed by atoms with E-state index in [9.17, 15) is 0 Å². The third-order valence-electron chi connectivity index (χ3n) is 4.47. The molecule has 5 heteroatoms. The van der Waals surface area contributed by atoms with Crippen LogP contribution in [0.3, 0.4) is 0 Å². The number of aromatic amines is 1. The molecule has 0 aliphatic heterocycles. The molecule has 1 N–H and O–H groups in total. The molecule has 0 radical (unpaired) electrons. The highest BCUT2D eigenvalue weighted by atomic mass is 16.5. The molecule has 136 valence electrons. The number of imidazole rings is 1. The van der Waals surface area contributed by atoms with Crippen LogP contribution >= 0.6 is 0 Å². The second-order valence-electron chi connectivity index (χ2n) is 6.14. The van der Waals surface area contributed by atoms with Gasteiger partial charge in [0.1, 0.15) is 0 Å². The predicted molar refractivity (Wildman–Crippen MR) is 101 cm³/mol. The number of methoxy groups -OCH3 is 2. The van der Waals surface area contributed by atoms with E-state index in [0.717, 1.165) is 23.4 Å². The second-order valence-corrected chi connectivity index (χ2v) is 6.14. The molecule has 0 unspecified atom stereocenters. The summed E-state index contributed by atoms with van der Waals surface area (Å²) in [7, 11) is 3.27. The van der Waals surface area contributed by atoms with Crippen molar-refractivity contribution < 1.29 is 14.2 Å². The van der Waals surface area contributed by atoms with Crippen LogP contribution in [0.1, 0.15) is 27.9 Å². The van der Waals surface area contributed by atoms with E-state index in [0.29, 0.717) is 19.0 Å². The summed E-state index contributed by atoms with van der Waals surface area (Å²) in [5, 5.41) is 0. The fourth-order valence-corrected chi connectivity index (χ4v) is 2.92. The second kappa shape index (κ2) is 8.54. The maximum Gasteiger partial charge on any atom is 0.161 e. The summed E-state index contributed by atoms with van der Waals surface area (Å²) in [6.45, 7) is 3.22. The average Bonchev–Trinajstić information content (AvgIpc) is 3.17. The highest BCUT2D eigenvalue weighted by Crippen LogP contribution is 2.28. The zero-order valence-corrected chi connectivity index (χ0v) is 15.4. The van der Waals surface area contributed by atoms with Gasteiger partial charge in [-0.1, -0.05) is 24.3 Å². The van der Waals surface area contributed by atoms with Gasteiger partial charge in [-0.15, -0.1) is 0 Å². The first-order chi connectivity index (χ1) is 12.7. The van der Waals surface area contributed by atoms with Crippen LogP contribution in [0.15, 0.2) is 48.9 Å². The lowest BCUT2D eigenvalue weighted by atomic mass is 9.99. The van der Waals surface area contributed by atoms with E-state index < -0.39 is 0 Å². The molecule has 0 fully saturated rings. The van der Waals surface area contributed by atoms with Crippen molar-refractivity contribution in [2.24, 2.45) is 0 Å². The van der Waals surface area contributed by atoms with E-state index in [1.54, 1.807) is 20.5 Å². The number of benzene rings is 2. The Morgan fingerprint density at radius 1 is 0.962 bits per heavy atom. The van der Waals surface area contributed by atoms with Gasteiger partial charge in [-0.25, -0.2) is 4.98 Å². The molecule has 3 aromatic rings. The van der Waals surface area contributed by atoms with Gasteiger partial charge < -0.3 is 19.2 Å². The van der Waals surface area contributed by atoms with Crippen LogP contribution in [0.2, 0.25) is 0 Å².